The third-order valence-electron chi connectivity index (χ3n) is 2.53. The molecule has 0 spiro atoms. The van der Waals surface area contributed by atoms with Crippen LogP contribution in [0.25, 0.3) is 10.6 Å². The first kappa shape index (κ1) is 12.1. The van der Waals surface area contributed by atoms with Crippen molar-refractivity contribution in [1.82, 2.24) is 10.3 Å². The number of aromatic nitrogens is 1. The van der Waals surface area contributed by atoms with E-state index >= 15 is 0 Å². The van der Waals surface area contributed by atoms with Gasteiger partial charge in [0.2, 0.25) is 0 Å². The molecular formula is C13H16N2OS. The summed E-state index contributed by atoms with van der Waals surface area (Å²) in [4.78, 5) is 4.59. The summed E-state index contributed by atoms with van der Waals surface area (Å²) >= 11 is 1.65. The highest BCUT2D eigenvalue weighted by atomic mass is 32.1. The standard InChI is InChI=1S/C13H16N2OS/c1-14-8-2-3-11-9-17-13(15-11)10-4-6-12(16)7-5-10/h4-7,9,14,16H,2-3,8H2,1H3. The van der Waals surface area contributed by atoms with E-state index in [-0.39, 0.29) is 0 Å². The Bertz CT molecular complexity index is 465. The summed E-state index contributed by atoms with van der Waals surface area (Å²) in [6.45, 7) is 1.02. The van der Waals surface area contributed by atoms with E-state index < -0.39 is 0 Å². The average Bonchev–Trinajstić information content (AvgIpc) is 2.79. The lowest BCUT2D eigenvalue weighted by molar-refractivity contribution is 0.475. The summed E-state index contributed by atoms with van der Waals surface area (Å²) in [5.74, 6) is 0.291. The zero-order valence-electron chi connectivity index (χ0n) is 9.81. The Hall–Kier alpha value is -1.39. The van der Waals surface area contributed by atoms with Crippen molar-refractivity contribution in [1.29, 1.82) is 0 Å². The first-order chi connectivity index (χ1) is 8.29. The molecule has 3 nitrogen and oxygen atoms in total. The smallest absolute Gasteiger partial charge is 0.123 e. The zero-order valence-corrected chi connectivity index (χ0v) is 10.6. The van der Waals surface area contributed by atoms with Crippen LogP contribution in [0.5, 0.6) is 5.75 Å². The summed E-state index contributed by atoms with van der Waals surface area (Å²) in [5, 5.41) is 15.5. The zero-order chi connectivity index (χ0) is 12.1. The minimum atomic E-state index is 0.291. The normalized spacial score (nSPS) is 10.6. The summed E-state index contributed by atoms with van der Waals surface area (Å²) in [6, 6.07) is 7.17. The van der Waals surface area contributed by atoms with Crippen LogP contribution in [0.1, 0.15) is 12.1 Å². The first-order valence-corrected chi connectivity index (χ1v) is 6.56. The van der Waals surface area contributed by atoms with E-state index in [1.165, 1.54) is 0 Å². The maximum atomic E-state index is 9.23. The second-order valence-electron chi connectivity index (χ2n) is 3.90. The quantitative estimate of drug-likeness (QED) is 0.800. The maximum Gasteiger partial charge on any atom is 0.123 e. The van der Waals surface area contributed by atoms with Crippen LogP contribution in [0.2, 0.25) is 0 Å². The van der Waals surface area contributed by atoms with Crippen LogP contribution < -0.4 is 5.32 Å². The van der Waals surface area contributed by atoms with Gasteiger partial charge in [0.1, 0.15) is 10.8 Å². The molecule has 1 aromatic heterocycles. The summed E-state index contributed by atoms with van der Waals surface area (Å²) in [7, 11) is 1.96. The fourth-order valence-electron chi connectivity index (χ4n) is 1.60. The minimum Gasteiger partial charge on any atom is -0.508 e. The Morgan fingerprint density at radius 2 is 2.06 bits per heavy atom. The SMILES string of the molecule is CNCCCc1csc(-c2ccc(O)cc2)n1. The fourth-order valence-corrected chi connectivity index (χ4v) is 2.47. The lowest BCUT2D eigenvalue weighted by atomic mass is 10.2. The van der Waals surface area contributed by atoms with Crippen LogP contribution in [0.3, 0.4) is 0 Å². The highest BCUT2D eigenvalue weighted by Crippen LogP contribution is 2.25. The number of hydrogen-bond acceptors (Lipinski definition) is 4. The molecule has 1 heterocycles. The van der Waals surface area contributed by atoms with Crippen molar-refractivity contribution in [3.8, 4) is 16.3 Å². The number of phenolic OH excluding ortho intramolecular Hbond substituents is 1. The van der Waals surface area contributed by atoms with Crippen LogP contribution in [0.15, 0.2) is 29.6 Å². The van der Waals surface area contributed by atoms with Gasteiger partial charge >= 0.3 is 0 Å². The molecule has 0 unspecified atom stereocenters. The van der Waals surface area contributed by atoms with Crippen molar-refractivity contribution in [3.05, 3.63) is 35.3 Å². The molecule has 0 atom stereocenters. The lowest BCUT2D eigenvalue weighted by Crippen LogP contribution is -2.08. The molecule has 0 saturated carbocycles. The molecule has 17 heavy (non-hydrogen) atoms. The van der Waals surface area contributed by atoms with Gasteiger partial charge in [0.25, 0.3) is 0 Å². The van der Waals surface area contributed by atoms with Crippen LogP contribution >= 0.6 is 11.3 Å². The number of nitrogens with one attached hydrogen (secondary N) is 1. The lowest BCUT2D eigenvalue weighted by Gasteiger charge is -1.97. The number of nitrogens with zero attached hydrogens (tertiary/aromatic N) is 1. The number of hydrogen-bond donors (Lipinski definition) is 2. The molecule has 0 aliphatic carbocycles. The van der Waals surface area contributed by atoms with Crippen LogP contribution in [-0.4, -0.2) is 23.7 Å². The molecule has 0 fully saturated rings. The molecular weight excluding hydrogens is 232 g/mol. The molecule has 0 aliphatic rings. The van der Waals surface area contributed by atoms with E-state index in [1.54, 1.807) is 23.5 Å². The van der Waals surface area contributed by atoms with E-state index in [0.29, 0.717) is 5.75 Å². The van der Waals surface area contributed by atoms with E-state index in [0.717, 1.165) is 35.7 Å². The number of phenols is 1. The summed E-state index contributed by atoms with van der Waals surface area (Å²) in [5.41, 5.74) is 2.21. The number of benzene rings is 1. The topological polar surface area (TPSA) is 45.1 Å². The average molecular weight is 248 g/mol. The number of aryl methyl sites for hydroxylation is 1. The molecule has 0 radical (unpaired) electrons. The molecule has 0 aliphatic heterocycles. The van der Waals surface area contributed by atoms with Crippen molar-refractivity contribution >= 4 is 11.3 Å². The predicted octanol–water partition coefficient (Wildman–Crippen LogP) is 2.67. The van der Waals surface area contributed by atoms with E-state index in [2.05, 4.69) is 15.7 Å². The molecule has 0 amide bonds. The number of aromatic hydroxyl groups is 1. The Kier molecular flexibility index (Phi) is 4.12. The van der Waals surface area contributed by atoms with Crippen LogP contribution in [0.4, 0.5) is 0 Å². The molecule has 2 aromatic rings. The van der Waals surface area contributed by atoms with Gasteiger partial charge in [-0.05, 0) is 50.7 Å². The second-order valence-corrected chi connectivity index (χ2v) is 4.76. The monoisotopic (exact) mass is 248 g/mol. The largest absolute Gasteiger partial charge is 0.508 e. The maximum absolute atomic E-state index is 9.23. The molecule has 0 bridgehead atoms. The first-order valence-electron chi connectivity index (χ1n) is 5.68. The molecule has 90 valence electrons. The van der Waals surface area contributed by atoms with Crippen molar-refractivity contribution in [2.45, 2.75) is 12.8 Å². The van der Waals surface area contributed by atoms with Gasteiger partial charge in [-0.25, -0.2) is 4.98 Å². The van der Waals surface area contributed by atoms with Crippen molar-refractivity contribution in [2.24, 2.45) is 0 Å². The van der Waals surface area contributed by atoms with Crippen LogP contribution in [-0.2, 0) is 6.42 Å². The second kappa shape index (κ2) is 5.80. The van der Waals surface area contributed by atoms with Gasteiger partial charge in [0.05, 0.1) is 5.69 Å². The van der Waals surface area contributed by atoms with E-state index in [4.69, 9.17) is 0 Å². The summed E-state index contributed by atoms with van der Waals surface area (Å²) in [6.07, 6.45) is 2.12. The predicted molar refractivity (Wildman–Crippen MR) is 71.5 cm³/mol. The van der Waals surface area contributed by atoms with Gasteiger partial charge < -0.3 is 10.4 Å². The molecule has 2 rings (SSSR count). The van der Waals surface area contributed by atoms with Gasteiger partial charge in [-0.15, -0.1) is 11.3 Å². The van der Waals surface area contributed by atoms with Crippen molar-refractivity contribution in [3.63, 3.8) is 0 Å². The number of rotatable bonds is 5. The Balaban J connectivity index is 2.04. The van der Waals surface area contributed by atoms with Crippen molar-refractivity contribution < 1.29 is 5.11 Å². The van der Waals surface area contributed by atoms with E-state index in [9.17, 15) is 5.11 Å². The molecule has 1 aromatic carbocycles. The summed E-state index contributed by atoms with van der Waals surface area (Å²) < 4.78 is 0. The van der Waals surface area contributed by atoms with Gasteiger partial charge in [-0.3, -0.25) is 0 Å². The highest BCUT2D eigenvalue weighted by Gasteiger charge is 2.04. The fraction of sp³-hybridized carbons (Fsp3) is 0.308. The number of thiazole rings is 1. The molecule has 4 heteroatoms. The third-order valence-corrected chi connectivity index (χ3v) is 3.47. The Morgan fingerprint density at radius 1 is 1.29 bits per heavy atom. The van der Waals surface area contributed by atoms with Gasteiger partial charge in [-0.1, -0.05) is 0 Å². The van der Waals surface area contributed by atoms with Gasteiger partial charge in [0, 0.05) is 10.9 Å². The highest BCUT2D eigenvalue weighted by molar-refractivity contribution is 7.13. The molecule has 2 N–H and O–H groups in total. The van der Waals surface area contributed by atoms with E-state index in [1.807, 2.05) is 19.2 Å². The van der Waals surface area contributed by atoms with Crippen molar-refractivity contribution in [2.75, 3.05) is 13.6 Å². The van der Waals surface area contributed by atoms with Gasteiger partial charge in [-0.2, -0.15) is 0 Å². The third kappa shape index (κ3) is 3.28. The Morgan fingerprint density at radius 3 is 2.76 bits per heavy atom. The Labute approximate surface area is 105 Å². The van der Waals surface area contributed by atoms with Crippen LogP contribution in [0, 0.1) is 0 Å². The molecule has 0 saturated heterocycles. The minimum absolute atomic E-state index is 0.291. The van der Waals surface area contributed by atoms with Gasteiger partial charge in [0.15, 0.2) is 0 Å².